The summed E-state index contributed by atoms with van der Waals surface area (Å²) in [5.74, 6) is -0.0799. The summed E-state index contributed by atoms with van der Waals surface area (Å²) in [6, 6.07) is 3.33. The van der Waals surface area contributed by atoms with Crippen LogP contribution in [-0.4, -0.2) is 23.5 Å². The van der Waals surface area contributed by atoms with Gasteiger partial charge < -0.3 is 10.1 Å². The number of rotatable bonds is 3. The number of nitrogens with one attached hydrogen (secondary N) is 2. The second-order valence-corrected chi connectivity index (χ2v) is 5.65. The molecule has 7 heteroatoms. The Balaban J connectivity index is 2.41. The molecular weight excluding hydrogens is 254 g/mol. The molecule has 0 aliphatic rings. The fourth-order valence-electron chi connectivity index (χ4n) is 1.63. The Bertz CT molecular complexity index is 663. The van der Waals surface area contributed by atoms with E-state index in [0.717, 1.165) is 5.56 Å². The zero-order valence-corrected chi connectivity index (χ0v) is 10.7. The van der Waals surface area contributed by atoms with Gasteiger partial charge in [-0.3, -0.25) is 4.72 Å². The highest BCUT2D eigenvalue weighted by Gasteiger charge is 2.18. The highest BCUT2D eigenvalue weighted by atomic mass is 32.2. The van der Waals surface area contributed by atoms with E-state index in [4.69, 9.17) is 0 Å². The zero-order valence-electron chi connectivity index (χ0n) is 9.93. The van der Waals surface area contributed by atoms with Crippen LogP contribution in [0, 0.1) is 13.8 Å². The lowest BCUT2D eigenvalue weighted by molar-refractivity contribution is 0.473. The monoisotopic (exact) mass is 267 g/mol. The number of imidazole rings is 1. The van der Waals surface area contributed by atoms with Crippen molar-refractivity contribution >= 4 is 15.7 Å². The van der Waals surface area contributed by atoms with Crippen LogP contribution in [0.25, 0.3) is 0 Å². The fourth-order valence-corrected chi connectivity index (χ4v) is 2.59. The summed E-state index contributed by atoms with van der Waals surface area (Å²) in [5, 5.41) is 9.78. The van der Waals surface area contributed by atoms with Crippen molar-refractivity contribution in [3.63, 3.8) is 0 Å². The van der Waals surface area contributed by atoms with Gasteiger partial charge in [-0.15, -0.1) is 0 Å². The summed E-state index contributed by atoms with van der Waals surface area (Å²) < 4.78 is 26.2. The predicted octanol–water partition coefficient (Wildman–Crippen LogP) is 1.53. The second-order valence-electron chi connectivity index (χ2n) is 4.00. The first kappa shape index (κ1) is 12.4. The number of nitrogens with zero attached hydrogens (tertiary/aromatic N) is 1. The Labute approximate surface area is 105 Å². The van der Waals surface area contributed by atoms with E-state index in [1.807, 2.05) is 6.92 Å². The first-order valence-electron chi connectivity index (χ1n) is 5.21. The molecule has 0 amide bonds. The molecule has 0 saturated carbocycles. The molecule has 0 aliphatic carbocycles. The number of phenolic OH excluding ortho intramolecular Hbond substituents is 1. The van der Waals surface area contributed by atoms with Gasteiger partial charge in [-0.1, -0.05) is 6.07 Å². The number of aromatic amines is 1. The minimum absolute atomic E-state index is 0.0546. The van der Waals surface area contributed by atoms with Gasteiger partial charge in [-0.05, 0) is 31.0 Å². The summed E-state index contributed by atoms with van der Waals surface area (Å²) in [7, 11) is -3.75. The molecule has 2 aromatic rings. The molecule has 96 valence electrons. The van der Waals surface area contributed by atoms with Crippen molar-refractivity contribution in [1.82, 2.24) is 9.97 Å². The number of sulfonamides is 1. The Morgan fingerprint density at radius 1 is 1.33 bits per heavy atom. The lowest BCUT2D eigenvalue weighted by Gasteiger charge is -2.11. The van der Waals surface area contributed by atoms with Crippen LogP contribution in [0.2, 0.25) is 0 Å². The Morgan fingerprint density at radius 3 is 2.67 bits per heavy atom. The number of hydrogen-bond acceptors (Lipinski definition) is 4. The van der Waals surface area contributed by atoms with Crippen LogP contribution >= 0.6 is 0 Å². The molecule has 1 aromatic carbocycles. The molecule has 0 unspecified atom stereocenters. The van der Waals surface area contributed by atoms with Crippen molar-refractivity contribution in [3.05, 3.63) is 35.8 Å². The molecule has 0 radical (unpaired) electrons. The molecule has 0 aliphatic heterocycles. The summed E-state index contributed by atoms with van der Waals surface area (Å²) >= 11 is 0. The third kappa shape index (κ3) is 2.30. The lowest BCUT2D eigenvalue weighted by Crippen LogP contribution is -2.13. The van der Waals surface area contributed by atoms with Crippen LogP contribution in [0.1, 0.15) is 11.1 Å². The fraction of sp³-hybridized carbons (Fsp3) is 0.182. The van der Waals surface area contributed by atoms with Gasteiger partial charge in [0.1, 0.15) is 5.75 Å². The number of aryl methyl sites for hydroxylation is 2. The standard InChI is InChI=1S/C11H13N3O3S/c1-7-3-8(2)11(15)9(4-7)14-18(16,17)10-5-12-6-13-10/h3-6,14-15H,1-2H3,(H,12,13). The molecule has 2 rings (SSSR count). The van der Waals surface area contributed by atoms with E-state index in [9.17, 15) is 13.5 Å². The van der Waals surface area contributed by atoms with Gasteiger partial charge in [0.25, 0.3) is 10.0 Å². The maximum atomic E-state index is 11.9. The van der Waals surface area contributed by atoms with E-state index in [-0.39, 0.29) is 16.5 Å². The molecule has 0 atom stereocenters. The quantitative estimate of drug-likeness (QED) is 0.735. The lowest BCUT2D eigenvalue weighted by atomic mass is 10.1. The van der Waals surface area contributed by atoms with Crippen LogP contribution in [0.15, 0.2) is 29.7 Å². The van der Waals surface area contributed by atoms with Crippen molar-refractivity contribution in [2.45, 2.75) is 18.9 Å². The van der Waals surface area contributed by atoms with Gasteiger partial charge in [0.05, 0.1) is 18.2 Å². The maximum Gasteiger partial charge on any atom is 0.279 e. The number of aromatic nitrogens is 2. The van der Waals surface area contributed by atoms with Crippen LogP contribution in [-0.2, 0) is 10.0 Å². The number of benzene rings is 1. The summed E-state index contributed by atoms with van der Waals surface area (Å²) in [6.07, 6.45) is 2.47. The number of phenols is 1. The number of aromatic hydroxyl groups is 1. The first-order valence-corrected chi connectivity index (χ1v) is 6.70. The molecule has 0 spiro atoms. The predicted molar refractivity (Wildman–Crippen MR) is 67.0 cm³/mol. The Kier molecular flexibility index (Phi) is 3.00. The summed E-state index contributed by atoms with van der Waals surface area (Å²) in [5.41, 5.74) is 1.62. The molecular formula is C11H13N3O3S. The third-order valence-electron chi connectivity index (χ3n) is 2.45. The van der Waals surface area contributed by atoms with E-state index < -0.39 is 10.0 Å². The largest absolute Gasteiger partial charge is 0.505 e. The second kappa shape index (κ2) is 4.34. The smallest absolute Gasteiger partial charge is 0.279 e. The molecule has 1 heterocycles. The topological polar surface area (TPSA) is 95.1 Å². The average molecular weight is 267 g/mol. The van der Waals surface area contributed by atoms with E-state index in [2.05, 4.69) is 14.7 Å². The molecule has 0 bridgehead atoms. The van der Waals surface area contributed by atoms with Crippen LogP contribution in [0.5, 0.6) is 5.75 Å². The number of H-pyrrole nitrogens is 1. The van der Waals surface area contributed by atoms with Gasteiger partial charge in [-0.25, -0.2) is 4.98 Å². The molecule has 3 N–H and O–H groups in total. The molecule has 1 aromatic heterocycles. The minimum atomic E-state index is -3.75. The molecule has 6 nitrogen and oxygen atoms in total. The summed E-state index contributed by atoms with van der Waals surface area (Å²) in [6.45, 7) is 3.52. The van der Waals surface area contributed by atoms with Crippen molar-refractivity contribution in [2.24, 2.45) is 0 Å². The van der Waals surface area contributed by atoms with Crippen molar-refractivity contribution in [1.29, 1.82) is 0 Å². The van der Waals surface area contributed by atoms with E-state index in [0.29, 0.717) is 5.56 Å². The van der Waals surface area contributed by atoms with E-state index in [1.165, 1.54) is 12.5 Å². The maximum absolute atomic E-state index is 11.9. The van der Waals surface area contributed by atoms with Gasteiger partial charge in [-0.2, -0.15) is 8.42 Å². The van der Waals surface area contributed by atoms with Crippen molar-refractivity contribution in [3.8, 4) is 5.75 Å². The highest BCUT2D eigenvalue weighted by Crippen LogP contribution is 2.30. The highest BCUT2D eigenvalue weighted by molar-refractivity contribution is 7.92. The number of hydrogen-bond donors (Lipinski definition) is 3. The van der Waals surface area contributed by atoms with Gasteiger partial charge in [0, 0.05) is 0 Å². The average Bonchev–Trinajstić information content (AvgIpc) is 2.78. The first-order chi connectivity index (χ1) is 8.40. The van der Waals surface area contributed by atoms with Gasteiger partial charge >= 0.3 is 0 Å². The van der Waals surface area contributed by atoms with E-state index >= 15 is 0 Å². The zero-order chi connectivity index (χ0) is 13.3. The molecule has 0 fully saturated rings. The Hall–Kier alpha value is -2.02. The summed E-state index contributed by atoms with van der Waals surface area (Å²) in [4.78, 5) is 6.15. The SMILES string of the molecule is Cc1cc(C)c(O)c(NS(=O)(=O)c2cnc[nH]2)c1. The van der Waals surface area contributed by atoms with Gasteiger partial charge in [0.15, 0.2) is 5.03 Å². The number of anilines is 1. The van der Waals surface area contributed by atoms with Crippen molar-refractivity contribution in [2.75, 3.05) is 4.72 Å². The van der Waals surface area contributed by atoms with Crippen LogP contribution in [0.4, 0.5) is 5.69 Å². The third-order valence-corrected chi connectivity index (χ3v) is 3.74. The van der Waals surface area contributed by atoms with E-state index in [1.54, 1.807) is 19.1 Å². The Morgan fingerprint density at radius 2 is 2.06 bits per heavy atom. The van der Waals surface area contributed by atoms with Crippen LogP contribution < -0.4 is 4.72 Å². The molecule has 0 saturated heterocycles. The minimum Gasteiger partial charge on any atom is -0.505 e. The normalized spacial score (nSPS) is 11.4. The van der Waals surface area contributed by atoms with Crippen LogP contribution in [0.3, 0.4) is 0 Å². The van der Waals surface area contributed by atoms with Crippen molar-refractivity contribution < 1.29 is 13.5 Å². The van der Waals surface area contributed by atoms with Gasteiger partial charge in [0.2, 0.25) is 0 Å². The molecule has 18 heavy (non-hydrogen) atoms.